The monoisotopic (exact) mass is 357 g/mol. The van der Waals surface area contributed by atoms with Crippen molar-refractivity contribution in [2.75, 3.05) is 30.4 Å². The van der Waals surface area contributed by atoms with Crippen LogP contribution in [0, 0.1) is 6.92 Å². The van der Waals surface area contributed by atoms with Crippen molar-refractivity contribution in [1.82, 2.24) is 15.0 Å². The van der Waals surface area contributed by atoms with Gasteiger partial charge in [0.05, 0.1) is 17.5 Å². The van der Waals surface area contributed by atoms with E-state index < -0.39 is 0 Å². The highest BCUT2D eigenvalue weighted by atomic mass is 35.5. The molecule has 2 N–H and O–H groups in total. The standard InChI is InChI=1S/C18H20ClN5O/c1-11-9-13-16(20-11)22-18(24-7-3-4-8-24)23-17(13)21-12-5-6-15(25-2)14(19)10-12/h5-6,9-10H,3-4,7-8H2,1-2H3,(H2,20,21,22,23). The zero-order chi connectivity index (χ0) is 17.4. The van der Waals surface area contributed by atoms with Gasteiger partial charge in [0.25, 0.3) is 0 Å². The number of ether oxygens (including phenoxy) is 1. The summed E-state index contributed by atoms with van der Waals surface area (Å²) in [5, 5.41) is 4.90. The lowest BCUT2D eigenvalue weighted by Crippen LogP contribution is -2.20. The van der Waals surface area contributed by atoms with E-state index in [0.717, 1.165) is 47.3 Å². The third kappa shape index (κ3) is 3.09. The molecule has 1 aromatic carbocycles. The topological polar surface area (TPSA) is 66.1 Å². The van der Waals surface area contributed by atoms with Crippen LogP contribution in [0.15, 0.2) is 24.3 Å². The second kappa shape index (κ2) is 6.44. The molecule has 1 aliphatic rings. The number of H-pyrrole nitrogens is 1. The van der Waals surface area contributed by atoms with Crippen molar-refractivity contribution in [3.05, 3.63) is 35.0 Å². The number of nitrogens with zero attached hydrogens (tertiary/aromatic N) is 3. The normalized spacial score (nSPS) is 14.3. The predicted octanol–water partition coefficient (Wildman–Crippen LogP) is 4.27. The molecule has 1 saturated heterocycles. The van der Waals surface area contributed by atoms with Crippen molar-refractivity contribution in [3.8, 4) is 5.75 Å². The Hall–Kier alpha value is -2.47. The van der Waals surface area contributed by atoms with E-state index in [1.54, 1.807) is 7.11 Å². The highest BCUT2D eigenvalue weighted by molar-refractivity contribution is 6.32. The third-order valence-electron chi connectivity index (χ3n) is 4.41. The smallest absolute Gasteiger partial charge is 0.229 e. The van der Waals surface area contributed by atoms with Crippen LogP contribution in [0.25, 0.3) is 11.0 Å². The van der Waals surface area contributed by atoms with Gasteiger partial charge in [0.15, 0.2) is 0 Å². The zero-order valence-electron chi connectivity index (χ0n) is 14.3. The number of anilines is 3. The van der Waals surface area contributed by atoms with Crippen LogP contribution in [-0.4, -0.2) is 35.2 Å². The van der Waals surface area contributed by atoms with Gasteiger partial charge in [-0.15, -0.1) is 0 Å². The Balaban J connectivity index is 1.75. The molecule has 1 fully saturated rings. The molecule has 0 atom stereocenters. The molecule has 0 bridgehead atoms. The number of rotatable bonds is 4. The first-order valence-corrected chi connectivity index (χ1v) is 8.75. The molecule has 3 aromatic rings. The highest BCUT2D eigenvalue weighted by Gasteiger charge is 2.18. The molecule has 0 unspecified atom stereocenters. The van der Waals surface area contributed by atoms with Crippen molar-refractivity contribution in [2.45, 2.75) is 19.8 Å². The van der Waals surface area contributed by atoms with Crippen LogP contribution in [-0.2, 0) is 0 Å². The van der Waals surface area contributed by atoms with Crippen molar-refractivity contribution in [3.63, 3.8) is 0 Å². The summed E-state index contributed by atoms with van der Waals surface area (Å²) in [7, 11) is 1.60. The third-order valence-corrected chi connectivity index (χ3v) is 4.71. The molecule has 0 radical (unpaired) electrons. The van der Waals surface area contributed by atoms with E-state index in [9.17, 15) is 0 Å². The molecule has 0 saturated carbocycles. The number of fused-ring (bicyclic) bond motifs is 1. The van der Waals surface area contributed by atoms with Gasteiger partial charge in [-0.05, 0) is 44.0 Å². The number of hydrogen-bond donors (Lipinski definition) is 2. The molecule has 0 spiro atoms. The van der Waals surface area contributed by atoms with Gasteiger partial charge in [-0.1, -0.05) is 11.6 Å². The SMILES string of the molecule is COc1ccc(Nc2nc(N3CCCC3)nc3[nH]c(C)cc23)cc1Cl. The fourth-order valence-electron chi connectivity index (χ4n) is 3.16. The summed E-state index contributed by atoms with van der Waals surface area (Å²) in [5.41, 5.74) is 2.76. The fourth-order valence-corrected chi connectivity index (χ4v) is 3.42. The number of halogens is 1. The fraction of sp³-hybridized carbons (Fsp3) is 0.333. The van der Waals surface area contributed by atoms with E-state index in [1.165, 1.54) is 12.8 Å². The Kier molecular flexibility index (Phi) is 4.13. The van der Waals surface area contributed by atoms with E-state index in [2.05, 4.69) is 21.3 Å². The van der Waals surface area contributed by atoms with E-state index in [4.69, 9.17) is 26.3 Å². The van der Waals surface area contributed by atoms with Crippen LogP contribution < -0.4 is 15.0 Å². The molecule has 3 heterocycles. The molecule has 130 valence electrons. The van der Waals surface area contributed by atoms with E-state index in [1.807, 2.05) is 25.1 Å². The second-order valence-electron chi connectivity index (χ2n) is 6.26. The number of aromatic amines is 1. The number of aryl methyl sites for hydroxylation is 1. The van der Waals surface area contributed by atoms with Gasteiger partial charge in [-0.3, -0.25) is 0 Å². The summed E-state index contributed by atoms with van der Waals surface area (Å²) in [6, 6.07) is 7.65. The van der Waals surface area contributed by atoms with Gasteiger partial charge in [-0.2, -0.15) is 9.97 Å². The predicted molar refractivity (Wildman–Crippen MR) is 101 cm³/mol. The largest absolute Gasteiger partial charge is 0.495 e. The maximum Gasteiger partial charge on any atom is 0.229 e. The average molecular weight is 358 g/mol. The van der Waals surface area contributed by atoms with Crippen LogP contribution in [0.3, 0.4) is 0 Å². The Bertz CT molecular complexity index is 917. The van der Waals surface area contributed by atoms with Crippen LogP contribution >= 0.6 is 11.6 Å². The molecule has 0 aliphatic carbocycles. The zero-order valence-corrected chi connectivity index (χ0v) is 15.0. The van der Waals surface area contributed by atoms with Crippen molar-refractivity contribution >= 4 is 40.1 Å². The molecule has 4 rings (SSSR count). The number of benzene rings is 1. The molecule has 2 aromatic heterocycles. The highest BCUT2D eigenvalue weighted by Crippen LogP contribution is 2.31. The molecule has 7 heteroatoms. The van der Waals surface area contributed by atoms with Gasteiger partial charge >= 0.3 is 0 Å². The minimum Gasteiger partial charge on any atom is -0.495 e. The first kappa shape index (κ1) is 16.0. The lowest BCUT2D eigenvalue weighted by Gasteiger charge is -2.17. The molecule has 0 amide bonds. The molecule has 25 heavy (non-hydrogen) atoms. The first-order valence-electron chi connectivity index (χ1n) is 8.37. The van der Waals surface area contributed by atoms with Gasteiger partial charge in [0.1, 0.15) is 17.2 Å². The van der Waals surface area contributed by atoms with Crippen LogP contribution in [0.2, 0.25) is 5.02 Å². The van der Waals surface area contributed by atoms with Crippen molar-refractivity contribution in [2.24, 2.45) is 0 Å². The van der Waals surface area contributed by atoms with Crippen LogP contribution in [0.5, 0.6) is 5.75 Å². The second-order valence-corrected chi connectivity index (χ2v) is 6.66. The quantitative estimate of drug-likeness (QED) is 0.729. The number of methoxy groups -OCH3 is 1. The summed E-state index contributed by atoms with van der Waals surface area (Å²) in [6.45, 7) is 4.02. The van der Waals surface area contributed by atoms with Crippen LogP contribution in [0.4, 0.5) is 17.5 Å². The minimum atomic E-state index is 0.558. The summed E-state index contributed by atoms with van der Waals surface area (Å²) >= 11 is 6.24. The maximum atomic E-state index is 6.24. The van der Waals surface area contributed by atoms with Gasteiger partial charge in [-0.25, -0.2) is 0 Å². The average Bonchev–Trinajstić information content (AvgIpc) is 3.23. The Morgan fingerprint density at radius 2 is 2.00 bits per heavy atom. The minimum absolute atomic E-state index is 0.558. The van der Waals surface area contributed by atoms with E-state index >= 15 is 0 Å². The van der Waals surface area contributed by atoms with E-state index in [-0.39, 0.29) is 0 Å². The van der Waals surface area contributed by atoms with E-state index in [0.29, 0.717) is 10.8 Å². The molecule has 6 nitrogen and oxygen atoms in total. The summed E-state index contributed by atoms with van der Waals surface area (Å²) in [4.78, 5) is 15.0. The summed E-state index contributed by atoms with van der Waals surface area (Å²) in [5.74, 6) is 2.18. The number of nitrogens with one attached hydrogen (secondary N) is 2. The van der Waals surface area contributed by atoms with Crippen molar-refractivity contribution in [1.29, 1.82) is 0 Å². The Morgan fingerprint density at radius 3 is 2.72 bits per heavy atom. The van der Waals surface area contributed by atoms with Gasteiger partial charge in [0.2, 0.25) is 5.95 Å². The lowest BCUT2D eigenvalue weighted by molar-refractivity contribution is 0.415. The number of hydrogen-bond acceptors (Lipinski definition) is 5. The molecular formula is C18H20ClN5O. The first-order chi connectivity index (χ1) is 12.1. The van der Waals surface area contributed by atoms with Crippen molar-refractivity contribution < 1.29 is 4.74 Å². The summed E-state index contributed by atoms with van der Waals surface area (Å²) in [6.07, 6.45) is 2.37. The van der Waals surface area contributed by atoms with Gasteiger partial charge in [0, 0.05) is 24.5 Å². The summed E-state index contributed by atoms with van der Waals surface area (Å²) < 4.78 is 5.21. The Morgan fingerprint density at radius 1 is 1.20 bits per heavy atom. The molecule has 1 aliphatic heterocycles. The number of aromatic nitrogens is 3. The van der Waals surface area contributed by atoms with Gasteiger partial charge < -0.3 is 19.9 Å². The molecular weight excluding hydrogens is 338 g/mol. The van der Waals surface area contributed by atoms with Crippen LogP contribution in [0.1, 0.15) is 18.5 Å². The Labute approximate surface area is 151 Å². The maximum absolute atomic E-state index is 6.24. The lowest BCUT2D eigenvalue weighted by atomic mass is 10.3.